The van der Waals surface area contributed by atoms with Crippen molar-refractivity contribution in [3.05, 3.63) is 5.01 Å². The van der Waals surface area contributed by atoms with E-state index in [1.54, 1.807) is 4.90 Å². The van der Waals surface area contributed by atoms with Crippen LogP contribution in [0, 0.1) is 6.92 Å². The Morgan fingerprint density at radius 3 is 3.06 bits per heavy atom. The highest BCUT2D eigenvalue weighted by Crippen LogP contribution is 2.21. The summed E-state index contributed by atoms with van der Waals surface area (Å²) in [6.07, 6.45) is 3.74. The number of piperidine rings is 1. The third kappa shape index (κ3) is 3.17. The summed E-state index contributed by atoms with van der Waals surface area (Å²) in [5, 5.41) is 20.9. The first-order chi connectivity index (χ1) is 8.70. The number of aromatic nitrogens is 2. The molecule has 1 atom stereocenters. The largest absolute Gasteiger partial charge is 0.396 e. The van der Waals surface area contributed by atoms with Crippen LogP contribution in [0.15, 0.2) is 0 Å². The van der Waals surface area contributed by atoms with E-state index < -0.39 is 0 Å². The van der Waals surface area contributed by atoms with Crippen LogP contribution in [0.2, 0.25) is 0 Å². The number of nitrogens with one attached hydrogen (secondary N) is 1. The quantitative estimate of drug-likeness (QED) is 0.874. The number of hydrogen-bond donors (Lipinski definition) is 2. The number of carbonyl (C=O) groups excluding carboxylic acids is 1. The third-order valence-electron chi connectivity index (χ3n) is 3.09. The number of nitrogens with zero attached hydrogens (tertiary/aromatic N) is 3. The molecule has 100 valence electrons. The van der Waals surface area contributed by atoms with Crippen molar-refractivity contribution < 1.29 is 9.90 Å². The molecule has 18 heavy (non-hydrogen) atoms. The summed E-state index contributed by atoms with van der Waals surface area (Å²) in [5.74, 6) is 0. The molecule has 0 bridgehead atoms. The van der Waals surface area contributed by atoms with E-state index in [-0.39, 0.29) is 18.7 Å². The number of rotatable bonds is 3. The molecule has 0 aromatic carbocycles. The molecule has 1 fully saturated rings. The summed E-state index contributed by atoms with van der Waals surface area (Å²) in [6.45, 7) is 2.71. The Bertz CT molecular complexity index is 408. The zero-order valence-corrected chi connectivity index (χ0v) is 11.2. The summed E-state index contributed by atoms with van der Waals surface area (Å²) in [6, 6.07) is 0.00192. The van der Waals surface area contributed by atoms with Crippen molar-refractivity contribution in [1.29, 1.82) is 0 Å². The Morgan fingerprint density at radius 1 is 1.56 bits per heavy atom. The fourth-order valence-electron chi connectivity index (χ4n) is 2.23. The van der Waals surface area contributed by atoms with Gasteiger partial charge in [0.2, 0.25) is 5.13 Å². The normalized spacial score (nSPS) is 19.9. The molecule has 2 amide bonds. The molecule has 1 aromatic rings. The second-order valence-electron chi connectivity index (χ2n) is 4.41. The molecular weight excluding hydrogens is 252 g/mol. The third-order valence-corrected chi connectivity index (χ3v) is 3.84. The maximum atomic E-state index is 12.1. The molecule has 0 aliphatic carbocycles. The number of aliphatic hydroxyl groups is 1. The molecule has 0 saturated carbocycles. The van der Waals surface area contributed by atoms with Gasteiger partial charge in [-0.3, -0.25) is 5.32 Å². The van der Waals surface area contributed by atoms with Crippen LogP contribution >= 0.6 is 11.3 Å². The smallest absolute Gasteiger partial charge is 0.323 e. The zero-order chi connectivity index (χ0) is 13.0. The van der Waals surface area contributed by atoms with Crippen molar-refractivity contribution in [3.8, 4) is 0 Å². The van der Waals surface area contributed by atoms with Gasteiger partial charge in [-0.15, -0.1) is 10.2 Å². The minimum Gasteiger partial charge on any atom is -0.396 e. The topological polar surface area (TPSA) is 78.4 Å². The van der Waals surface area contributed by atoms with Crippen molar-refractivity contribution in [2.24, 2.45) is 0 Å². The van der Waals surface area contributed by atoms with Crippen LogP contribution in [0.4, 0.5) is 9.93 Å². The maximum Gasteiger partial charge on any atom is 0.323 e. The van der Waals surface area contributed by atoms with Crippen LogP contribution < -0.4 is 5.32 Å². The highest BCUT2D eigenvalue weighted by molar-refractivity contribution is 7.15. The summed E-state index contributed by atoms with van der Waals surface area (Å²) in [4.78, 5) is 13.9. The van der Waals surface area contributed by atoms with Gasteiger partial charge < -0.3 is 10.0 Å². The van der Waals surface area contributed by atoms with Gasteiger partial charge in [0.1, 0.15) is 5.01 Å². The molecule has 2 rings (SSSR count). The molecule has 1 aliphatic heterocycles. The average Bonchev–Trinajstić information content (AvgIpc) is 2.76. The molecule has 0 radical (unpaired) electrons. The lowest BCUT2D eigenvalue weighted by Crippen LogP contribution is -2.46. The van der Waals surface area contributed by atoms with Gasteiger partial charge in [-0.2, -0.15) is 0 Å². The Hall–Kier alpha value is -1.21. The number of likely N-dealkylation sites (tertiary alicyclic amines) is 1. The molecule has 6 nitrogen and oxygen atoms in total. The first-order valence-corrected chi connectivity index (χ1v) is 7.01. The van der Waals surface area contributed by atoms with Crippen LogP contribution in [0.5, 0.6) is 0 Å². The Balaban J connectivity index is 1.97. The van der Waals surface area contributed by atoms with E-state index in [9.17, 15) is 4.79 Å². The van der Waals surface area contributed by atoms with Crippen molar-refractivity contribution in [2.45, 2.75) is 38.6 Å². The van der Waals surface area contributed by atoms with E-state index in [1.165, 1.54) is 11.3 Å². The van der Waals surface area contributed by atoms with E-state index in [0.717, 1.165) is 30.8 Å². The molecule has 2 N–H and O–H groups in total. The molecule has 1 aliphatic rings. The molecule has 7 heteroatoms. The van der Waals surface area contributed by atoms with Crippen molar-refractivity contribution in [2.75, 3.05) is 18.5 Å². The van der Waals surface area contributed by atoms with E-state index in [1.807, 2.05) is 6.92 Å². The predicted octanol–water partition coefficient (Wildman–Crippen LogP) is 1.62. The van der Waals surface area contributed by atoms with Crippen molar-refractivity contribution in [3.63, 3.8) is 0 Å². The monoisotopic (exact) mass is 270 g/mol. The number of urea groups is 1. The number of aryl methyl sites for hydroxylation is 1. The highest BCUT2D eigenvalue weighted by Gasteiger charge is 2.26. The van der Waals surface area contributed by atoms with Crippen LogP contribution in [0.25, 0.3) is 0 Å². The van der Waals surface area contributed by atoms with Gasteiger partial charge in [-0.1, -0.05) is 11.3 Å². The van der Waals surface area contributed by atoms with E-state index in [2.05, 4.69) is 15.5 Å². The van der Waals surface area contributed by atoms with Crippen LogP contribution in [-0.4, -0.2) is 45.4 Å². The predicted molar refractivity (Wildman–Crippen MR) is 69.7 cm³/mol. The Kier molecular flexibility index (Phi) is 4.48. The Morgan fingerprint density at radius 2 is 2.39 bits per heavy atom. The summed E-state index contributed by atoms with van der Waals surface area (Å²) in [7, 11) is 0. The van der Waals surface area contributed by atoms with Gasteiger partial charge in [0.25, 0.3) is 0 Å². The molecule has 0 unspecified atom stereocenters. The minimum atomic E-state index is -0.135. The van der Waals surface area contributed by atoms with Gasteiger partial charge >= 0.3 is 6.03 Å². The van der Waals surface area contributed by atoms with Crippen LogP contribution in [0.1, 0.15) is 30.7 Å². The van der Waals surface area contributed by atoms with Crippen LogP contribution in [0.3, 0.4) is 0 Å². The zero-order valence-electron chi connectivity index (χ0n) is 10.4. The van der Waals surface area contributed by atoms with Crippen LogP contribution in [-0.2, 0) is 0 Å². The number of anilines is 1. The van der Waals surface area contributed by atoms with Gasteiger partial charge in [-0.05, 0) is 32.6 Å². The molecule has 1 aromatic heterocycles. The lowest BCUT2D eigenvalue weighted by molar-refractivity contribution is 0.141. The van der Waals surface area contributed by atoms with Gasteiger partial charge in [-0.25, -0.2) is 4.79 Å². The average molecular weight is 270 g/mol. The second-order valence-corrected chi connectivity index (χ2v) is 5.59. The van der Waals surface area contributed by atoms with Gasteiger partial charge in [0.15, 0.2) is 0 Å². The SMILES string of the molecule is Cc1nnc(NC(=O)N2CCCC[C@@H]2CCO)s1. The second kappa shape index (κ2) is 6.10. The number of aliphatic hydroxyl groups excluding tert-OH is 1. The lowest BCUT2D eigenvalue weighted by Gasteiger charge is -2.35. The lowest BCUT2D eigenvalue weighted by atomic mass is 10.0. The number of amides is 2. The van der Waals surface area contributed by atoms with Gasteiger partial charge in [0.05, 0.1) is 0 Å². The first kappa shape index (κ1) is 13.2. The van der Waals surface area contributed by atoms with Crippen molar-refractivity contribution >= 4 is 22.5 Å². The molecular formula is C11H18N4O2S. The van der Waals surface area contributed by atoms with Gasteiger partial charge in [0, 0.05) is 19.2 Å². The molecule has 0 spiro atoms. The fourth-order valence-corrected chi connectivity index (χ4v) is 2.81. The standard InChI is InChI=1S/C11H18N4O2S/c1-8-13-14-10(18-8)12-11(17)15-6-3-2-4-9(15)5-7-16/h9,16H,2-7H2,1H3,(H,12,14,17)/t9-/m1/s1. The molecule has 1 saturated heterocycles. The first-order valence-electron chi connectivity index (χ1n) is 6.19. The Labute approximate surface area is 110 Å². The molecule has 2 heterocycles. The summed E-state index contributed by atoms with van der Waals surface area (Å²) in [5.41, 5.74) is 0. The highest BCUT2D eigenvalue weighted by atomic mass is 32.1. The fraction of sp³-hybridized carbons (Fsp3) is 0.727. The number of hydrogen-bond acceptors (Lipinski definition) is 5. The van der Waals surface area contributed by atoms with Crippen molar-refractivity contribution in [1.82, 2.24) is 15.1 Å². The van der Waals surface area contributed by atoms with E-state index in [0.29, 0.717) is 11.6 Å². The number of carbonyl (C=O) groups is 1. The van der Waals surface area contributed by atoms with E-state index in [4.69, 9.17) is 5.11 Å². The van der Waals surface area contributed by atoms with E-state index >= 15 is 0 Å². The summed E-state index contributed by atoms with van der Waals surface area (Å²) < 4.78 is 0. The minimum absolute atomic E-state index is 0.117. The maximum absolute atomic E-state index is 12.1. The summed E-state index contributed by atoms with van der Waals surface area (Å²) >= 11 is 1.36.